The SMILES string of the molecule is CN[C@H]1C[C@H](OC2CCN(CC(=O)C(C)C)CC2)C1. The normalized spacial score (nSPS) is 29.5. The Hall–Kier alpha value is -0.450. The van der Waals surface area contributed by atoms with Crippen LogP contribution >= 0.6 is 0 Å². The second-order valence-electron chi connectivity index (χ2n) is 6.31. The highest BCUT2D eigenvalue weighted by Gasteiger charge is 2.32. The standard InChI is InChI=1S/C15H28N2O2/c1-11(2)15(18)10-17-6-4-13(5-7-17)19-14-8-12(9-14)16-3/h11-14,16H,4-10H2,1-3H3/t12-,14-. The first-order valence-electron chi connectivity index (χ1n) is 7.66. The molecule has 0 atom stereocenters. The summed E-state index contributed by atoms with van der Waals surface area (Å²) in [6.07, 6.45) is 5.34. The molecule has 0 radical (unpaired) electrons. The predicted molar refractivity (Wildman–Crippen MR) is 76.3 cm³/mol. The van der Waals surface area contributed by atoms with E-state index in [2.05, 4.69) is 10.2 Å². The van der Waals surface area contributed by atoms with Crippen molar-refractivity contribution in [2.24, 2.45) is 5.92 Å². The molecule has 4 heteroatoms. The van der Waals surface area contributed by atoms with Gasteiger partial charge in [0.25, 0.3) is 0 Å². The van der Waals surface area contributed by atoms with E-state index in [1.54, 1.807) is 0 Å². The Morgan fingerprint density at radius 1 is 1.26 bits per heavy atom. The minimum atomic E-state index is 0.155. The van der Waals surface area contributed by atoms with Gasteiger partial charge in [-0.1, -0.05) is 13.8 Å². The number of nitrogens with one attached hydrogen (secondary N) is 1. The van der Waals surface area contributed by atoms with Crippen LogP contribution in [0.5, 0.6) is 0 Å². The van der Waals surface area contributed by atoms with Crippen LogP contribution < -0.4 is 5.32 Å². The minimum Gasteiger partial charge on any atom is -0.375 e. The fraction of sp³-hybridized carbons (Fsp3) is 0.933. The molecule has 2 fully saturated rings. The number of Topliss-reactive ketones (excluding diaryl/α,β-unsaturated/α-hetero) is 1. The van der Waals surface area contributed by atoms with Gasteiger partial charge < -0.3 is 10.1 Å². The predicted octanol–water partition coefficient (Wildman–Crippen LogP) is 1.44. The zero-order valence-electron chi connectivity index (χ0n) is 12.5. The topological polar surface area (TPSA) is 41.6 Å². The Morgan fingerprint density at radius 2 is 1.89 bits per heavy atom. The molecular weight excluding hydrogens is 240 g/mol. The van der Waals surface area contributed by atoms with Gasteiger partial charge in [0.1, 0.15) is 5.78 Å². The van der Waals surface area contributed by atoms with Crippen LogP contribution in [0.4, 0.5) is 0 Å². The summed E-state index contributed by atoms with van der Waals surface area (Å²) in [6.45, 7) is 6.59. The van der Waals surface area contributed by atoms with E-state index in [1.807, 2.05) is 20.9 Å². The van der Waals surface area contributed by atoms with Gasteiger partial charge >= 0.3 is 0 Å². The average molecular weight is 268 g/mol. The first-order valence-corrected chi connectivity index (χ1v) is 7.66. The molecule has 0 bridgehead atoms. The molecule has 2 aliphatic rings. The summed E-state index contributed by atoms with van der Waals surface area (Å²) in [7, 11) is 2.02. The van der Waals surface area contributed by atoms with E-state index in [0.29, 0.717) is 30.6 Å². The highest BCUT2D eigenvalue weighted by molar-refractivity contribution is 5.82. The van der Waals surface area contributed by atoms with E-state index in [4.69, 9.17) is 4.74 Å². The van der Waals surface area contributed by atoms with Crippen molar-refractivity contribution in [1.82, 2.24) is 10.2 Å². The number of likely N-dealkylation sites (tertiary alicyclic amines) is 1. The molecule has 2 rings (SSSR count). The van der Waals surface area contributed by atoms with Gasteiger partial charge in [0.05, 0.1) is 18.8 Å². The van der Waals surface area contributed by atoms with Crippen LogP contribution in [0.3, 0.4) is 0 Å². The van der Waals surface area contributed by atoms with E-state index in [-0.39, 0.29) is 5.92 Å². The third-order valence-corrected chi connectivity index (χ3v) is 4.45. The van der Waals surface area contributed by atoms with Crippen molar-refractivity contribution in [2.45, 2.75) is 57.8 Å². The van der Waals surface area contributed by atoms with Crippen molar-refractivity contribution in [2.75, 3.05) is 26.7 Å². The molecule has 0 amide bonds. The van der Waals surface area contributed by atoms with E-state index < -0.39 is 0 Å². The lowest BCUT2D eigenvalue weighted by atomic mass is 9.89. The number of piperidine rings is 1. The third-order valence-electron chi connectivity index (χ3n) is 4.45. The van der Waals surface area contributed by atoms with Gasteiger partial charge in [-0.25, -0.2) is 0 Å². The van der Waals surface area contributed by atoms with Crippen molar-refractivity contribution in [1.29, 1.82) is 0 Å². The second kappa shape index (κ2) is 6.82. The van der Waals surface area contributed by atoms with Crippen molar-refractivity contribution in [3.63, 3.8) is 0 Å². The number of nitrogens with zero attached hydrogens (tertiary/aromatic N) is 1. The van der Waals surface area contributed by atoms with Crippen LogP contribution in [0.2, 0.25) is 0 Å². The third kappa shape index (κ3) is 4.26. The van der Waals surface area contributed by atoms with Crippen LogP contribution in [-0.4, -0.2) is 55.6 Å². The van der Waals surface area contributed by atoms with Crippen LogP contribution in [-0.2, 0) is 9.53 Å². The molecule has 0 aromatic heterocycles. The van der Waals surface area contributed by atoms with Crippen LogP contribution in [0.25, 0.3) is 0 Å². The maximum atomic E-state index is 11.7. The highest BCUT2D eigenvalue weighted by Crippen LogP contribution is 2.27. The fourth-order valence-corrected chi connectivity index (χ4v) is 2.79. The van der Waals surface area contributed by atoms with E-state index in [1.165, 1.54) is 0 Å². The number of carbonyl (C=O) groups is 1. The van der Waals surface area contributed by atoms with Gasteiger partial charge in [-0.15, -0.1) is 0 Å². The molecule has 1 aliphatic heterocycles. The Balaban J connectivity index is 1.61. The van der Waals surface area contributed by atoms with Gasteiger partial charge in [0, 0.05) is 25.0 Å². The van der Waals surface area contributed by atoms with E-state index in [0.717, 1.165) is 38.8 Å². The molecule has 0 aromatic rings. The number of ketones is 1. The molecular formula is C15H28N2O2. The summed E-state index contributed by atoms with van der Waals surface area (Å²) in [6, 6.07) is 0.661. The summed E-state index contributed by atoms with van der Waals surface area (Å²) in [4.78, 5) is 14.0. The first-order chi connectivity index (χ1) is 9.08. The van der Waals surface area contributed by atoms with Crippen LogP contribution in [0, 0.1) is 5.92 Å². The summed E-state index contributed by atoms with van der Waals surface area (Å²) >= 11 is 0. The number of hydrogen-bond donors (Lipinski definition) is 1. The average Bonchev–Trinajstić information content (AvgIpc) is 2.35. The smallest absolute Gasteiger partial charge is 0.149 e. The molecule has 4 nitrogen and oxygen atoms in total. The molecule has 1 saturated heterocycles. The lowest BCUT2D eigenvalue weighted by molar-refractivity contribution is -0.124. The quantitative estimate of drug-likeness (QED) is 0.791. The van der Waals surface area contributed by atoms with Gasteiger partial charge in [-0.3, -0.25) is 9.69 Å². The van der Waals surface area contributed by atoms with Gasteiger partial charge in [-0.2, -0.15) is 0 Å². The van der Waals surface area contributed by atoms with Gasteiger partial charge in [-0.05, 0) is 32.7 Å². The number of ether oxygens (including phenoxy) is 1. The summed E-state index contributed by atoms with van der Waals surface area (Å²) < 4.78 is 6.11. The lowest BCUT2D eigenvalue weighted by Crippen LogP contribution is -2.47. The molecule has 1 saturated carbocycles. The van der Waals surface area contributed by atoms with Gasteiger partial charge in [0.2, 0.25) is 0 Å². The minimum absolute atomic E-state index is 0.155. The van der Waals surface area contributed by atoms with Crippen molar-refractivity contribution >= 4 is 5.78 Å². The maximum Gasteiger partial charge on any atom is 0.149 e. The Kier molecular flexibility index (Phi) is 5.37. The van der Waals surface area contributed by atoms with E-state index >= 15 is 0 Å². The number of carbonyl (C=O) groups excluding carboxylic acids is 1. The molecule has 0 aromatic carbocycles. The van der Waals surface area contributed by atoms with Crippen molar-refractivity contribution in [3.05, 3.63) is 0 Å². The Labute approximate surface area is 116 Å². The van der Waals surface area contributed by atoms with Gasteiger partial charge in [0.15, 0.2) is 0 Å². The second-order valence-corrected chi connectivity index (χ2v) is 6.31. The molecule has 0 unspecified atom stereocenters. The number of hydrogen-bond acceptors (Lipinski definition) is 4. The maximum absolute atomic E-state index is 11.7. The summed E-state index contributed by atoms with van der Waals surface area (Å²) in [5.74, 6) is 0.512. The first kappa shape index (κ1) is 14.9. The van der Waals surface area contributed by atoms with Crippen molar-refractivity contribution < 1.29 is 9.53 Å². The van der Waals surface area contributed by atoms with E-state index in [9.17, 15) is 4.79 Å². The largest absolute Gasteiger partial charge is 0.375 e. The molecule has 19 heavy (non-hydrogen) atoms. The summed E-state index contributed by atoms with van der Waals surface area (Å²) in [5, 5.41) is 3.28. The molecule has 1 heterocycles. The van der Waals surface area contributed by atoms with Crippen molar-refractivity contribution in [3.8, 4) is 0 Å². The summed E-state index contributed by atoms with van der Waals surface area (Å²) in [5.41, 5.74) is 0. The fourth-order valence-electron chi connectivity index (χ4n) is 2.79. The highest BCUT2D eigenvalue weighted by atomic mass is 16.5. The Bertz CT molecular complexity index is 293. The molecule has 0 spiro atoms. The lowest BCUT2D eigenvalue weighted by Gasteiger charge is -2.39. The monoisotopic (exact) mass is 268 g/mol. The van der Waals surface area contributed by atoms with Crippen LogP contribution in [0.1, 0.15) is 39.5 Å². The number of rotatable bonds is 6. The molecule has 1 aliphatic carbocycles. The molecule has 110 valence electrons. The zero-order valence-corrected chi connectivity index (χ0v) is 12.5. The Morgan fingerprint density at radius 3 is 2.42 bits per heavy atom. The molecule has 1 N–H and O–H groups in total. The van der Waals surface area contributed by atoms with Crippen LogP contribution in [0.15, 0.2) is 0 Å². The zero-order chi connectivity index (χ0) is 13.8.